The molecule has 1 unspecified atom stereocenters. The van der Waals surface area contributed by atoms with Crippen molar-refractivity contribution in [3.05, 3.63) is 28.7 Å². The maximum atomic E-state index is 5.44. The standard InChI is InChI=1S/C12H11BrO2S/c13-10-2-4-11(5-3-10)14-6-1-7-16-9-12-8-15-12/h2-5,12H,6,8-9H2. The van der Waals surface area contributed by atoms with Gasteiger partial charge in [-0.05, 0) is 29.5 Å². The zero-order valence-electron chi connectivity index (χ0n) is 8.61. The van der Waals surface area contributed by atoms with Crippen LogP contribution in [0.1, 0.15) is 0 Å². The Kier molecular flexibility index (Phi) is 4.58. The molecule has 1 atom stereocenters. The van der Waals surface area contributed by atoms with Gasteiger partial charge in [0, 0.05) is 10.2 Å². The third-order valence-corrected chi connectivity index (χ3v) is 3.30. The molecule has 4 heteroatoms. The SMILES string of the molecule is Brc1ccc(OCC#CSCC2CO2)cc1. The van der Waals surface area contributed by atoms with Crippen LogP contribution in [-0.4, -0.2) is 25.1 Å². The molecule has 0 aliphatic carbocycles. The second-order valence-electron chi connectivity index (χ2n) is 3.29. The predicted octanol–water partition coefficient (Wildman–Crippen LogP) is 2.92. The molecule has 0 bridgehead atoms. The Hall–Kier alpha value is -0.630. The van der Waals surface area contributed by atoms with E-state index in [2.05, 4.69) is 27.1 Å². The summed E-state index contributed by atoms with van der Waals surface area (Å²) >= 11 is 4.96. The van der Waals surface area contributed by atoms with E-state index in [1.54, 1.807) is 11.8 Å². The van der Waals surface area contributed by atoms with Gasteiger partial charge < -0.3 is 9.47 Å². The van der Waals surface area contributed by atoms with Crippen LogP contribution >= 0.6 is 27.7 Å². The molecule has 0 radical (unpaired) electrons. The number of thioether (sulfide) groups is 1. The molecule has 0 spiro atoms. The minimum Gasteiger partial charge on any atom is -0.481 e. The largest absolute Gasteiger partial charge is 0.481 e. The van der Waals surface area contributed by atoms with Crippen LogP contribution in [0.3, 0.4) is 0 Å². The molecule has 1 aliphatic rings. The topological polar surface area (TPSA) is 21.8 Å². The first kappa shape index (κ1) is 11.8. The van der Waals surface area contributed by atoms with E-state index >= 15 is 0 Å². The van der Waals surface area contributed by atoms with Gasteiger partial charge in [-0.1, -0.05) is 33.6 Å². The first-order chi connectivity index (χ1) is 7.84. The normalized spacial score (nSPS) is 17.4. The summed E-state index contributed by atoms with van der Waals surface area (Å²) in [6.45, 7) is 1.32. The highest BCUT2D eigenvalue weighted by molar-refractivity contribution is 9.10. The molecular formula is C12H11BrO2S. The molecule has 16 heavy (non-hydrogen) atoms. The van der Waals surface area contributed by atoms with Gasteiger partial charge in [0.05, 0.1) is 12.7 Å². The van der Waals surface area contributed by atoms with Crippen LogP contribution in [0.25, 0.3) is 0 Å². The molecule has 1 fully saturated rings. The van der Waals surface area contributed by atoms with Crippen molar-refractivity contribution in [2.24, 2.45) is 0 Å². The number of epoxide rings is 1. The van der Waals surface area contributed by atoms with Crippen molar-refractivity contribution in [1.29, 1.82) is 0 Å². The molecule has 0 amide bonds. The lowest BCUT2D eigenvalue weighted by Gasteiger charge is -2.00. The summed E-state index contributed by atoms with van der Waals surface area (Å²) < 4.78 is 11.6. The fraction of sp³-hybridized carbons (Fsp3) is 0.333. The average Bonchev–Trinajstić information content (AvgIpc) is 3.10. The van der Waals surface area contributed by atoms with Gasteiger partial charge in [0.1, 0.15) is 12.4 Å². The second kappa shape index (κ2) is 6.19. The van der Waals surface area contributed by atoms with Crippen molar-refractivity contribution >= 4 is 27.7 Å². The van der Waals surface area contributed by atoms with Gasteiger partial charge in [-0.3, -0.25) is 0 Å². The Labute approximate surface area is 108 Å². The van der Waals surface area contributed by atoms with E-state index < -0.39 is 0 Å². The van der Waals surface area contributed by atoms with Crippen LogP contribution in [0.2, 0.25) is 0 Å². The number of ether oxygens (including phenoxy) is 2. The quantitative estimate of drug-likeness (QED) is 0.630. The van der Waals surface area contributed by atoms with Gasteiger partial charge in [-0.15, -0.1) is 0 Å². The molecule has 0 N–H and O–H groups in total. The van der Waals surface area contributed by atoms with E-state index in [9.17, 15) is 0 Å². The smallest absolute Gasteiger partial charge is 0.149 e. The van der Waals surface area contributed by atoms with Crippen molar-refractivity contribution in [1.82, 2.24) is 0 Å². The molecular weight excluding hydrogens is 288 g/mol. The number of hydrogen-bond acceptors (Lipinski definition) is 3. The monoisotopic (exact) mass is 298 g/mol. The van der Waals surface area contributed by atoms with Crippen LogP contribution in [-0.2, 0) is 4.74 Å². The summed E-state index contributed by atoms with van der Waals surface area (Å²) in [7, 11) is 0. The minimum atomic E-state index is 0.431. The highest BCUT2D eigenvalue weighted by Gasteiger charge is 2.21. The number of benzene rings is 1. The minimum absolute atomic E-state index is 0.431. The van der Waals surface area contributed by atoms with Crippen molar-refractivity contribution in [3.63, 3.8) is 0 Å². The molecule has 1 saturated heterocycles. The molecule has 1 aromatic carbocycles. The van der Waals surface area contributed by atoms with Gasteiger partial charge in [0.2, 0.25) is 0 Å². The van der Waals surface area contributed by atoms with Crippen molar-refractivity contribution in [2.75, 3.05) is 19.0 Å². The van der Waals surface area contributed by atoms with Crippen molar-refractivity contribution in [3.8, 4) is 16.9 Å². The Bertz CT molecular complexity index is 390. The zero-order valence-corrected chi connectivity index (χ0v) is 11.0. The molecule has 84 valence electrons. The van der Waals surface area contributed by atoms with E-state index in [0.29, 0.717) is 12.7 Å². The Morgan fingerprint density at radius 1 is 1.44 bits per heavy atom. The van der Waals surface area contributed by atoms with Crippen LogP contribution in [0.15, 0.2) is 28.7 Å². The summed E-state index contributed by atoms with van der Waals surface area (Å²) in [6.07, 6.45) is 0.437. The molecule has 0 aromatic heterocycles. The molecule has 0 saturated carbocycles. The van der Waals surface area contributed by atoms with E-state index in [1.807, 2.05) is 24.3 Å². The van der Waals surface area contributed by atoms with Crippen molar-refractivity contribution < 1.29 is 9.47 Å². The lowest BCUT2D eigenvalue weighted by atomic mass is 10.3. The van der Waals surface area contributed by atoms with E-state index in [-0.39, 0.29) is 0 Å². The van der Waals surface area contributed by atoms with Crippen LogP contribution in [0.4, 0.5) is 0 Å². The van der Waals surface area contributed by atoms with Gasteiger partial charge in [0.15, 0.2) is 0 Å². The van der Waals surface area contributed by atoms with Gasteiger partial charge >= 0.3 is 0 Å². The summed E-state index contributed by atoms with van der Waals surface area (Å²) in [5.74, 6) is 4.76. The van der Waals surface area contributed by atoms with Gasteiger partial charge in [-0.2, -0.15) is 0 Å². The first-order valence-electron chi connectivity index (χ1n) is 4.94. The zero-order chi connectivity index (χ0) is 11.2. The van der Waals surface area contributed by atoms with E-state index in [4.69, 9.17) is 9.47 Å². The Morgan fingerprint density at radius 3 is 2.88 bits per heavy atom. The summed E-state index contributed by atoms with van der Waals surface area (Å²) in [4.78, 5) is 0. The maximum absolute atomic E-state index is 5.44. The summed E-state index contributed by atoms with van der Waals surface area (Å²) in [5, 5.41) is 2.99. The van der Waals surface area contributed by atoms with Crippen LogP contribution in [0, 0.1) is 11.2 Å². The number of rotatable bonds is 4. The van der Waals surface area contributed by atoms with Gasteiger partial charge in [-0.25, -0.2) is 0 Å². The fourth-order valence-electron chi connectivity index (χ4n) is 1.03. The van der Waals surface area contributed by atoms with E-state index in [1.165, 1.54) is 0 Å². The number of hydrogen-bond donors (Lipinski definition) is 0. The summed E-state index contributed by atoms with van der Waals surface area (Å²) in [5.41, 5.74) is 0. The highest BCUT2D eigenvalue weighted by atomic mass is 79.9. The number of halogens is 1. The summed E-state index contributed by atoms with van der Waals surface area (Å²) in [6, 6.07) is 7.72. The van der Waals surface area contributed by atoms with Crippen molar-refractivity contribution in [2.45, 2.75) is 6.10 Å². The molecule has 1 aliphatic heterocycles. The third-order valence-electron chi connectivity index (χ3n) is 1.94. The first-order valence-corrected chi connectivity index (χ1v) is 6.72. The van der Waals surface area contributed by atoms with Crippen LogP contribution in [0.5, 0.6) is 5.75 Å². The predicted molar refractivity (Wildman–Crippen MR) is 69.6 cm³/mol. The lowest BCUT2D eigenvalue weighted by Crippen LogP contribution is -1.93. The Morgan fingerprint density at radius 2 is 2.19 bits per heavy atom. The van der Waals surface area contributed by atoms with E-state index in [0.717, 1.165) is 22.6 Å². The highest BCUT2D eigenvalue weighted by Crippen LogP contribution is 2.16. The molecule has 1 heterocycles. The molecule has 2 nitrogen and oxygen atoms in total. The van der Waals surface area contributed by atoms with Crippen LogP contribution < -0.4 is 4.74 Å². The fourth-order valence-corrected chi connectivity index (χ4v) is 1.92. The maximum Gasteiger partial charge on any atom is 0.149 e. The molecule has 2 rings (SSSR count). The lowest BCUT2D eigenvalue weighted by molar-refractivity contribution is 0.370. The second-order valence-corrected chi connectivity index (χ2v) is 5.03. The Balaban J connectivity index is 1.64. The van der Waals surface area contributed by atoms with Gasteiger partial charge in [0.25, 0.3) is 0 Å². The average molecular weight is 299 g/mol. The third kappa shape index (κ3) is 4.48. The molecule has 1 aromatic rings.